The van der Waals surface area contributed by atoms with Crippen LogP contribution in [-0.2, 0) is 9.59 Å². The van der Waals surface area contributed by atoms with Gasteiger partial charge in [-0.25, -0.2) is 0 Å². The fraction of sp³-hybridized carbons (Fsp3) is 0.818. The van der Waals surface area contributed by atoms with Gasteiger partial charge in [0, 0.05) is 17.2 Å². The molecule has 94 valence electrons. The zero-order valence-electron chi connectivity index (χ0n) is 10.4. The van der Waals surface area contributed by atoms with Gasteiger partial charge in [0.25, 0.3) is 0 Å². The molecule has 0 fully saturated rings. The third-order valence-corrected chi connectivity index (χ3v) is 3.11. The van der Waals surface area contributed by atoms with Gasteiger partial charge in [0.15, 0.2) is 0 Å². The Hall–Kier alpha value is -0.710. The number of rotatable bonds is 6. The molecule has 0 aromatic rings. The van der Waals surface area contributed by atoms with Crippen molar-refractivity contribution in [3.05, 3.63) is 0 Å². The monoisotopic (exact) mass is 247 g/mol. The lowest BCUT2D eigenvalue weighted by Crippen LogP contribution is -2.35. The molecule has 4 nitrogen and oxygen atoms in total. The Bertz CT molecular complexity index is 248. The average molecular weight is 247 g/mol. The van der Waals surface area contributed by atoms with Gasteiger partial charge in [-0.3, -0.25) is 9.59 Å². The molecule has 0 heterocycles. The molecule has 0 aromatic carbocycles. The van der Waals surface area contributed by atoms with Crippen LogP contribution in [0.4, 0.5) is 0 Å². The van der Waals surface area contributed by atoms with Gasteiger partial charge in [-0.05, 0) is 13.3 Å². The summed E-state index contributed by atoms with van der Waals surface area (Å²) in [6.45, 7) is 7.99. The van der Waals surface area contributed by atoms with Gasteiger partial charge in [-0.15, -0.1) is 11.8 Å². The minimum atomic E-state index is -0.829. The summed E-state index contributed by atoms with van der Waals surface area (Å²) < 4.78 is 0.0711. The molecule has 2 N–H and O–H groups in total. The minimum Gasteiger partial charge on any atom is -0.481 e. The lowest BCUT2D eigenvalue weighted by molar-refractivity contribution is -0.137. The van der Waals surface area contributed by atoms with Crippen LogP contribution >= 0.6 is 11.8 Å². The molecule has 0 spiro atoms. The summed E-state index contributed by atoms with van der Waals surface area (Å²) in [6, 6.07) is -0.0795. The highest BCUT2D eigenvalue weighted by Gasteiger charge is 2.14. The normalized spacial score (nSPS) is 13.2. The SMILES string of the molecule is CC(CCC(=O)O)NC(=O)CSC(C)(C)C. The molecule has 1 unspecified atom stereocenters. The van der Waals surface area contributed by atoms with Gasteiger partial charge in [0.05, 0.1) is 5.75 Å². The molecule has 0 radical (unpaired) electrons. The Morgan fingerprint density at radius 1 is 1.38 bits per heavy atom. The number of carbonyl (C=O) groups excluding carboxylic acids is 1. The molecule has 0 rings (SSSR count). The molecule has 0 aromatic heterocycles. The predicted octanol–water partition coefficient (Wildman–Crippen LogP) is 1.89. The topological polar surface area (TPSA) is 66.4 Å². The van der Waals surface area contributed by atoms with Crippen molar-refractivity contribution in [2.24, 2.45) is 0 Å². The van der Waals surface area contributed by atoms with Crippen LogP contribution in [0, 0.1) is 0 Å². The van der Waals surface area contributed by atoms with Crippen LogP contribution in [0.5, 0.6) is 0 Å². The van der Waals surface area contributed by atoms with E-state index >= 15 is 0 Å². The second kappa shape index (κ2) is 6.78. The van der Waals surface area contributed by atoms with E-state index in [4.69, 9.17) is 5.11 Å². The number of hydrogen-bond acceptors (Lipinski definition) is 3. The highest BCUT2D eigenvalue weighted by atomic mass is 32.2. The molecule has 1 atom stereocenters. The van der Waals surface area contributed by atoms with Crippen LogP contribution in [0.2, 0.25) is 0 Å². The highest BCUT2D eigenvalue weighted by Crippen LogP contribution is 2.22. The summed E-state index contributed by atoms with van der Waals surface area (Å²) in [5, 5.41) is 11.3. The number of thioether (sulfide) groups is 1. The standard InChI is InChI=1S/C11H21NO3S/c1-8(5-6-10(14)15)12-9(13)7-16-11(2,3)4/h8H,5-7H2,1-4H3,(H,12,13)(H,14,15). The van der Waals surface area contributed by atoms with Crippen molar-refractivity contribution >= 4 is 23.6 Å². The van der Waals surface area contributed by atoms with Crippen molar-refractivity contribution in [1.29, 1.82) is 0 Å². The quantitative estimate of drug-likeness (QED) is 0.752. The Morgan fingerprint density at radius 3 is 2.38 bits per heavy atom. The maximum absolute atomic E-state index is 11.5. The van der Waals surface area contributed by atoms with E-state index in [1.807, 2.05) is 6.92 Å². The Labute approximate surface area is 101 Å². The molecule has 16 heavy (non-hydrogen) atoms. The largest absolute Gasteiger partial charge is 0.481 e. The van der Waals surface area contributed by atoms with E-state index in [9.17, 15) is 9.59 Å². The molecule has 0 bridgehead atoms. The number of carboxylic acid groups (broad SMARTS) is 1. The third kappa shape index (κ3) is 9.83. The summed E-state index contributed by atoms with van der Waals surface area (Å²) in [4.78, 5) is 21.8. The first-order valence-corrected chi connectivity index (χ1v) is 6.34. The van der Waals surface area contributed by atoms with Crippen molar-refractivity contribution in [2.75, 3.05) is 5.75 Å². The maximum atomic E-state index is 11.5. The lowest BCUT2D eigenvalue weighted by atomic mass is 10.2. The Balaban J connectivity index is 3.74. The zero-order valence-corrected chi connectivity index (χ0v) is 11.2. The summed E-state index contributed by atoms with van der Waals surface area (Å²) in [6.07, 6.45) is 0.565. The molecule has 5 heteroatoms. The van der Waals surface area contributed by atoms with E-state index in [0.717, 1.165) is 0 Å². The van der Waals surface area contributed by atoms with E-state index in [1.54, 1.807) is 11.8 Å². The number of nitrogens with one attached hydrogen (secondary N) is 1. The lowest BCUT2D eigenvalue weighted by Gasteiger charge is -2.18. The van der Waals surface area contributed by atoms with Crippen LogP contribution in [0.3, 0.4) is 0 Å². The van der Waals surface area contributed by atoms with Crippen LogP contribution in [-0.4, -0.2) is 33.5 Å². The van der Waals surface area contributed by atoms with Gasteiger partial charge in [-0.2, -0.15) is 0 Å². The first-order valence-electron chi connectivity index (χ1n) is 5.36. The van der Waals surface area contributed by atoms with E-state index in [-0.39, 0.29) is 23.1 Å². The average Bonchev–Trinajstić information content (AvgIpc) is 2.10. The fourth-order valence-corrected chi connectivity index (χ4v) is 1.66. The summed E-state index contributed by atoms with van der Waals surface area (Å²) in [5.41, 5.74) is 0. The van der Waals surface area contributed by atoms with Crippen molar-refractivity contribution in [1.82, 2.24) is 5.32 Å². The van der Waals surface area contributed by atoms with E-state index in [0.29, 0.717) is 12.2 Å². The first-order chi connectivity index (χ1) is 7.20. The van der Waals surface area contributed by atoms with Gasteiger partial charge in [0.1, 0.15) is 0 Å². The van der Waals surface area contributed by atoms with E-state index in [1.165, 1.54) is 0 Å². The van der Waals surface area contributed by atoms with Crippen molar-refractivity contribution in [2.45, 2.75) is 51.3 Å². The summed E-state index contributed by atoms with van der Waals surface area (Å²) in [7, 11) is 0. The first kappa shape index (κ1) is 15.3. The van der Waals surface area contributed by atoms with Gasteiger partial charge < -0.3 is 10.4 Å². The molecular formula is C11H21NO3S. The Kier molecular flexibility index (Phi) is 6.48. The summed E-state index contributed by atoms with van der Waals surface area (Å²) >= 11 is 1.58. The molecule has 0 aliphatic carbocycles. The maximum Gasteiger partial charge on any atom is 0.303 e. The van der Waals surface area contributed by atoms with Crippen molar-refractivity contribution in [3.63, 3.8) is 0 Å². The second-order valence-electron chi connectivity index (χ2n) is 4.80. The molecule has 0 saturated carbocycles. The minimum absolute atomic E-state index is 0.0298. The predicted molar refractivity (Wildman–Crippen MR) is 66.7 cm³/mol. The van der Waals surface area contributed by atoms with Gasteiger partial charge in [-0.1, -0.05) is 20.8 Å². The zero-order chi connectivity index (χ0) is 12.8. The van der Waals surface area contributed by atoms with Crippen LogP contribution < -0.4 is 5.32 Å². The molecule has 0 saturated heterocycles. The molecule has 0 aliphatic rings. The van der Waals surface area contributed by atoms with Crippen LogP contribution in [0.25, 0.3) is 0 Å². The van der Waals surface area contributed by atoms with E-state index < -0.39 is 5.97 Å². The number of amides is 1. The van der Waals surface area contributed by atoms with Crippen LogP contribution in [0.1, 0.15) is 40.5 Å². The summed E-state index contributed by atoms with van der Waals surface area (Å²) in [5.74, 6) is -0.441. The van der Waals surface area contributed by atoms with Crippen molar-refractivity contribution < 1.29 is 14.7 Å². The smallest absolute Gasteiger partial charge is 0.303 e. The number of carboxylic acids is 1. The third-order valence-electron chi connectivity index (χ3n) is 1.83. The van der Waals surface area contributed by atoms with Gasteiger partial charge >= 0.3 is 5.97 Å². The second-order valence-corrected chi connectivity index (χ2v) is 6.60. The van der Waals surface area contributed by atoms with Crippen molar-refractivity contribution in [3.8, 4) is 0 Å². The number of aliphatic carboxylic acids is 1. The molecule has 0 aliphatic heterocycles. The fourth-order valence-electron chi connectivity index (χ4n) is 1.01. The number of carbonyl (C=O) groups is 2. The highest BCUT2D eigenvalue weighted by molar-refractivity contribution is 8.01. The number of hydrogen-bond donors (Lipinski definition) is 2. The molecule has 1 amide bonds. The molecular weight excluding hydrogens is 226 g/mol. The van der Waals surface area contributed by atoms with Gasteiger partial charge in [0.2, 0.25) is 5.91 Å². The van der Waals surface area contributed by atoms with Crippen LogP contribution in [0.15, 0.2) is 0 Å². The van der Waals surface area contributed by atoms with E-state index in [2.05, 4.69) is 26.1 Å². The Morgan fingerprint density at radius 2 is 1.94 bits per heavy atom.